The van der Waals surface area contributed by atoms with E-state index in [1.54, 1.807) is 18.2 Å². The highest BCUT2D eigenvalue weighted by Crippen LogP contribution is 2.30. The minimum atomic E-state index is -1.71. The molecule has 0 aliphatic rings. The first-order valence-electron chi connectivity index (χ1n) is 4.52. The van der Waals surface area contributed by atoms with Crippen LogP contribution < -0.4 is 4.43 Å². The van der Waals surface area contributed by atoms with Crippen LogP contribution in [0.5, 0.6) is 5.75 Å². The Kier molecular flexibility index (Phi) is 3.57. The molecule has 0 fully saturated rings. The van der Waals surface area contributed by atoms with Crippen molar-refractivity contribution < 1.29 is 14.3 Å². The third kappa shape index (κ3) is 3.35. The Balaban J connectivity index is 3.10. The summed E-state index contributed by atoms with van der Waals surface area (Å²) in [5.74, 6) is -0.350. The molecule has 15 heavy (non-hydrogen) atoms. The second-order valence-electron chi connectivity index (χ2n) is 4.14. The van der Waals surface area contributed by atoms with E-state index in [1.807, 2.05) is 19.6 Å². The van der Waals surface area contributed by atoms with Crippen molar-refractivity contribution >= 4 is 30.2 Å². The summed E-state index contributed by atoms with van der Waals surface area (Å²) in [6, 6.07) is 5.00. The zero-order valence-electron chi connectivity index (χ0n) is 8.87. The van der Waals surface area contributed by atoms with Crippen molar-refractivity contribution in [3.63, 3.8) is 0 Å². The van der Waals surface area contributed by atoms with Crippen molar-refractivity contribution in [1.29, 1.82) is 0 Å². The molecule has 0 radical (unpaired) electrons. The van der Waals surface area contributed by atoms with E-state index in [0.717, 1.165) is 0 Å². The molecule has 0 atom stereocenters. The molecular weight excluding hydrogens is 276 g/mol. The highest BCUT2D eigenvalue weighted by molar-refractivity contribution is 9.10. The van der Waals surface area contributed by atoms with Crippen molar-refractivity contribution in [2.24, 2.45) is 0 Å². The maximum Gasteiger partial charge on any atom is 0.336 e. The fourth-order valence-corrected chi connectivity index (χ4v) is 2.58. The fraction of sp³-hybridized carbons (Fsp3) is 0.300. The van der Waals surface area contributed by atoms with Crippen molar-refractivity contribution in [3.05, 3.63) is 28.2 Å². The van der Waals surface area contributed by atoms with Crippen LogP contribution in [0.1, 0.15) is 10.4 Å². The monoisotopic (exact) mass is 288 g/mol. The van der Waals surface area contributed by atoms with Gasteiger partial charge >= 0.3 is 5.97 Å². The molecule has 0 saturated carbocycles. The number of carboxylic acid groups (broad SMARTS) is 1. The van der Waals surface area contributed by atoms with Gasteiger partial charge in [0.25, 0.3) is 0 Å². The van der Waals surface area contributed by atoms with E-state index in [2.05, 4.69) is 15.9 Å². The second-order valence-corrected chi connectivity index (χ2v) is 9.36. The normalized spacial score (nSPS) is 11.2. The van der Waals surface area contributed by atoms with Gasteiger partial charge in [0, 0.05) is 0 Å². The minimum Gasteiger partial charge on any atom is -0.544 e. The van der Waals surface area contributed by atoms with E-state index in [9.17, 15) is 4.79 Å². The van der Waals surface area contributed by atoms with Crippen molar-refractivity contribution in [2.45, 2.75) is 19.6 Å². The Morgan fingerprint density at radius 1 is 1.40 bits per heavy atom. The second kappa shape index (κ2) is 4.36. The molecule has 0 aliphatic carbocycles. The van der Waals surface area contributed by atoms with Gasteiger partial charge in [-0.25, -0.2) is 4.79 Å². The predicted octanol–water partition coefficient (Wildman–Crippen LogP) is 3.36. The van der Waals surface area contributed by atoms with E-state index in [1.165, 1.54) is 0 Å². The van der Waals surface area contributed by atoms with Gasteiger partial charge in [-0.1, -0.05) is 6.07 Å². The molecule has 0 spiro atoms. The smallest absolute Gasteiger partial charge is 0.336 e. The highest BCUT2D eigenvalue weighted by Gasteiger charge is 2.20. The van der Waals surface area contributed by atoms with E-state index in [0.29, 0.717) is 10.2 Å². The highest BCUT2D eigenvalue weighted by atomic mass is 79.9. The van der Waals surface area contributed by atoms with Crippen molar-refractivity contribution in [1.82, 2.24) is 0 Å². The van der Waals surface area contributed by atoms with Crippen molar-refractivity contribution in [3.8, 4) is 5.75 Å². The Hall–Kier alpha value is -0.813. The van der Waals surface area contributed by atoms with E-state index in [4.69, 9.17) is 9.53 Å². The minimum absolute atomic E-state index is 0.228. The Morgan fingerprint density at radius 3 is 2.47 bits per heavy atom. The molecule has 1 N–H and O–H groups in total. The summed E-state index contributed by atoms with van der Waals surface area (Å²) in [6.07, 6.45) is 0. The van der Waals surface area contributed by atoms with Crippen LogP contribution in [0.4, 0.5) is 0 Å². The van der Waals surface area contributed by atoms with Crippen LogP contribution in [0, 0.1) is 0 Å². The number of carboxylic acids is 1. The van der Waals surface area contributed by atoms with E-state index >= 15 is 0 Å². The molecule has 1 rings (SSSR count). The maximum absolute atomic E-state index is 10.9. The molecule has 0 saturated heterocycles. The molecule has 82 valence electrons. The van der Waals surface area contributed by atoms with Gasteiger partial charge in [0.05, 0.1) is 10.0 Å². The zero-order chi connectivity index (χ0) is 11.6. The van der Waals surface area contributed by atoms with Crippen molar-refractivity contribution in [2.75, 3.05) is 0 Å². The van der Waals surface area contributed by atoms with E-state index in [-0.39, 0.29) is 5.56 Å². The Labute approximate surface area is 98.3 Å². The Bertz CT molecular complexity index is 385. The number of hydrogen-bond acceptors (Lipinski definition) is 2. The van der Waals surface area contributed by atoms with Crippen LogP contribution in [0.2, 0.25) is 19.6 Å². The number of aromatic carboxylic acids is 1. The lowest BCUT2D eigenvalue weighted by Crippen LogP contribution is -2.29. The molecule has 0 amide bonds. The molecule has 3 nitrogen and oxygen atoms in total. The van der Waals surface area contributed by atoms with Gasteiger partial charge in [-0.15, -0.1) is 0 Å². The largest absolute Gasteiger partial charge is 0.544 e. The fourth-order valence-electron chi connectivity index (χ4n) is 1.08. The molecule has 1 aromatic rings. The lowest BCUT2D eigenvalue weighted by atomic mass is 10.2. The van der Waals surface area contributed by atoms with Crippen LogP contribution in [-0.2, 0) is 0 Å². The average molecular weight is 289 g/mol. The number of carbonyl (C=O) groups is 1. The lowest BCUT2D eigenvalue weighted by molar-refractivity contribution is 0.0695. The third-order valence-electron chi connectivity index (χ3n) is 1.61. The molecule has 0 aromatic heterocycles. The number of benzene rings is 1. The van der Waals surface area contributed by atoms with Crippen LogP contribution in [0.25, 0.3) is 0 Å². The molecular formula is C10H13BrO3Si. The first-order chi connectivity index (χ1) is 6.81. The summed E-state index contributed by atoms with van der Waals surface area (Å²) in [4.78, 5) is 10.9. The topological polar surface area (TPSA) is 46.5 Å². The van der Waals surface area contributed by atoms with Gasteiger partial charge in [0.15, 0.2) is 0 Å². The SMILES string of the molecule is C[Si](C)(C)Oc1cccc(C(=O)O)c1Br. The molecule has 1 aromatic carbocycles. The number of hydrogen-bond donors (Lipinski definition) is 1. The van der Waals surface area contributed by atoms with Gasteiger partial charge in [-0.05, 0) is 47.7 Å². The molecule has 0 aliphatic heterocycles. The van der Waals surface area contributed by atoms with Gasteiger partial charge in [0.2, 0.25) is 8.32 Å². The van der Waals surface area contributed by atoms with E-state index < -0.39 is 14.3 Å². The number of halogens is 1. The van der Waals surface area contributed by atoms with Crippen LogP contribution in [0.15, 0.2) is 22.7 Å². The van der Waals surface area contributed by atoms with Gasteiger partial charge in [-0.3, -0.25) is 0 Å². The Morgan fingerprint density at radius 2 is 2.00 bits per heavy atom. The van der Waals surface area contributed by atoms with Crippen LogP contribution in [0.3, 0.4) is 0 Å². The van der Waals surface area contributed by atoms with Gasteiger partial charge < -0.3 is 9.53 Å². The summed E-state index contributed by atoms with van der Waals surface area (Å²) in [7, 11) is -1.71. The summed E-state index contributed by atoms with van der Waals surface area (Å²) >= 11 is 3.25. The quantitative estimate of drug-likeness (QED) is 0.868. The lowest BCUT2D eigenvalue weighted by Gasteiger charge is -2.20. The van der Waals surface area contributed by atoms with Crippen LogP contribution in [-0.4, -0.2) is 19.4 Å². The summed E-state index contributed by atoms with van der Waals surface area (Å²) < 4.78 is 6.27. The summed E-state index contributed by atoms with van der Waals surface area (Å²) in [5, 5.41) is 8.91. The van der Waals surface area contributed by atoms with Gasteiger partial charge in [0.1, 0.15) is 5.75 Å². The zero-order valence-corrected chi connectivity index (χ0v) is 11.5. The molecule has 5 heteroatoms. The number of rotatable bonds is 3. The first-order valence-corrected chi connectivity index (χ1v) is 8.72. The molecule has 0 unspecified atom stereocenters. The standard InChI is InChI=1S/C10H13BrO3Si/c1-15(2,3)14-8-6-4-5-7(9(8)11)10(12)13/h4-6H,1-3H3,(H,12,13). The third-order valence-corrected chi connectivity index (χ3v) is 3.26. The molecule has 0 heterocycles. The maximum atomic E-state index is 10.9. The molecule has 0 bridgehead atoms. The van der Waals surface area contributed by atoms with Crippen LogP contribution >= 0.6 is 15.9 Å². The predicted molar refractivity (Wildman–Crippen MR) is 65.1 cm³/mol. The average Bonchev–Trinajstić information content (AvgIpc) is 2.05. The van der Waals surface area contributed by atoms with Gasteiger partial charge in [-0.2, -0.15) is 0 Å². The summed E-state index contributed by atoms with van der Waals surface area (Å²) in [6.45, 7) is 6.15. The summed E-state index contributed by atoms with van der Waals surface area (Å²) in [5.41, 5.74) is 0.228. The first kappa shape index (κ1) is 12.3.